The van der Waals surface area contributed by atoms with Gasteiger partial charge < -0.3 is 10.1 Å². The van der Waals surface area contributed by atoms with Gasteiger partial charge in [-0.05, 0) is 38.1 Å². The lowest BCUT2D eigenvalue weighted by atomic mass is 10.2. The van der Waals surface area contributed by atoms with Crippen LogP contribution in [0.5, 0.6) is 5.75 Å². The van der Waals surface area contributed by atoms with Gasteiger partial charge in [0, 0.05) is 17.4 Å². The molecule has 3 heteroatoms. The van der Waals surface area contributed by atoms with E-state index >= 15 is 0 Å². The Labute approximate surface area is 108 Å². The maximum atomic E-state index is 5.46. The van der Waals surface area contributed by atoms with Crippen LogP contribution in [0.15, 0.2) is 42.5 Å². The van der Waals surface area contributed by atoms with Gasteiger partial charge in [-0.15, -0.1) is 0 Å². The van der Waals surface area contributed by atoms with E-state index in [-0.39, 0.29) is 0 Å². The number of hydrogen-bond acceptors (Lipinski definition) is 3. The Balaban J connectivity index is 1.99. The van der Waals surface area contributed by atoms with E-state index in [1.54, 1.807) is 0 Å². The van der Waals surface area contributed by atoms with Gasteiger partial charge >= 0.3 is 0 Å². The standard InChI is InChI=1S/C15H18N2O/c1-3-18-15-9-5-7-13(10-15)16-11-14-8-4-6-12(2)17-14/h4-10,16H,3,11H2,1-2H3. The minimum Gasteiger partial charge on any atom is -0.494 e. The maximum Gasteiger partial charge on any atom is 0.121 e. The highest BCUT2D eigenvalue weighted by Gasteiger charge is 1.98. The van der Waals surface area contributed by atoms with Gasteiger partial charge in [0.15, 0.2) is 0 Å². The summed E-state index contributed by atoms with van der Waals surface area (Å²) in [4.78, 5) is 4.45. The number of anilines is 1. The molecule has 18 heavy (non-hydrogen) atoms. The number of rotatable bonds is 5. The van der Waals surface area contributed by atoms with Crippen molar-refractivity contribution in [3.63, 3.8) is 0 Å². The first kappa shape index (κ1) is 12.4. The first-order chi connectivity index (χ1) is 8.78. The molecule has 3 nitrogen and oxygen atoms in total. The van der Waals surface area contributed by atoms with E-state index in [0.29, 0.717) is 6.61 Å². The summed E-state index contributed by atoms with van der Waals surface area (Å²) < 4.78 is 5.46. The van der Waals surface area contributed by atoms with Gasteiger partial charge in [-0.1, -0.05) is 12.1 Å². The number of ether oxygens (including phenoxy) is 1. The molecule has 0 fully saturated rings. The molecule has 2 aromatic rings. The van der Waals surface area contributed by atoms with Gasteiger partial charge in [-0.25, -0.2) is 0 Å². The van der Waals surface area contributed by atoms with Crippen molar-refractivity contribution in [1.82, 2.24) is 4.98 Å². The van der Waals surface area contributed by atoms with Crippen LogP contribution in [0.2, 0.25) is 0 Å². The molecule has 1 aromatic heterocycles. The summed E-state index contributed by atoms with van der Waals surface area (Å²) in [5.41, 5.74) is 3.12. The molecule has 1 N–H and O–H groups in total. The molecule has 0 saturated heterocycles. The zero-order valence-electron chi connectivity index (χ0n) is 10.8. The van der Waals surface area contributed by atoms with Gasteiger partial charge in [0.05, 0.1) is 18.8 Å². The molecule has 0 aliphatic rings. The maximum absolute atomic E-state index is 5.46. The second-order valence-corrected chi connectivity index (χ2v) is 4.08. The summed E-state index contributed by atoms with van der Waals surface area (Å²) in [6, 6.07) is 14.0. The Morgan fingerprint density at radius 3 is 2.78 bits per heavy atom. The highest BCUT2D eigenvalue weighted by molar-refractivity contribution is 5.48. The molecule has 94 valence electrons. The van der Waals surface area contributed by atoms with Crippen LogP contribution in [-0.2, 0) is 6.54 Å². The van der Waals surface area contributed by atoms with Crippen LogP contribution in [-0.4, -0.2) is 11.6 Å². The molecular weight excluding hydrogens is 224 g/mol. The minimum atomic E-state index is 0.683. The third-order valence-electron chi connectivity index (χ3n) is 2.56. The Kier molecular flexibility index (Phi) is 4.18. The zero-order chi connectivity index (χ0) is 12.8. The zero-order valence-corrected chi connectivity index (χ0v) is 10.8. The predicted molar refractivity (Wildman–Crippen MR) is 73.9 cm³/mol. The van der Waals surface area contributed by atoms with Crippen molar-refractivity contribution in [2.45, 2.75) is 20.4 Å². The third kappa shape index (κ3) is 3.48. The SMILES string of the molecule is CCOc1cccc(NCc2cccc(C)n2)c1. The number of benzene rings is 1. The lowest BCUT2D eigenvalue weighted by Gasteiger charge is -2.08. The number of nitrogens with one attached hydrogen (secondary N) is 1. The van der Waals surface area contributed by atoms with Crippen LogP contribution in [0.4, 0.5) is 5.69 Å². The van der Waals surface area contributed by atoms with Gasteiger partial charge in [0.2, 0.25) is 0 Å². The summed E-state index contributed by atoms with van der Waals surface area (Å²) in [5.74, 6) is 0.889. The number of nitrogens with zero attached hydrogens (tertiary/aromatic N) is 1. The van der Waals surface area contributed by atoms with Crippen LogP contribution >= 0.6 is 0 Å². The van der Waals surface area contributed by atoms with Crippen LogP contribution in [0.1, 0.15) is 18.3 Å². The largest absolute Gasteiger partial charge is 0.494 e. The minimum absolute atomic E-state index is 0.683. The number of aromatic nitrogens is 1. The molecule has 1 heterocycles. The van der Waals surface area contributed by atoms with Crippen LogP contribution in [0.3, 0.4) is 0 Å². The molecule has 1 aromatic carbocycles. The molecule has 2 rings (SSSR count). The van der Waals surface area contributed by atoms with Crippen molar-refractivity contribution in [2.75, 3.05) is 11.9 Å². The van der Waals surface area contributed by atoms with E-state index in [9.17, 15) is 0 Å². The predicted octanol–water partition coefficient (Wildman–Crippen LogP) is 3.40. The summed E-state index contributed by atoms with van der Waals surface area (Å²) in [6.45, 7) is 5.39. The van der Waals surface area contributed by atoms with Crippen molar-refractivity contribution >= 4 is 5.69 Å². The molecule has 0 radical (unpaired) electrons. The number of aryl methyl sites for hydroxylation is 1. The molecule has 0 spiro atoms. The molecule has 0 amide bonds. The fourth-order valence-corrected chi connectivity index (χ4v) is 1.75. The highest BCUT2D eigenvalue weighted by atomic mass is 16.5. The topological polar surface area (TPSA) is 34.1 Å². The number of hydrogen-bond donors (Lipinski definition) is 1. The van der Waals surface area contributed by atoms with Gasteiger partial charge in [-0.3, -0.25) is 4.98 Å². The third-order valence-corrected chi connectivity index (χ3v) is 2.56. The van der Waals surface area contributed by atoms with E-state index in [1.165, 1.54) is 0 Å². The van der Waals surface area contributed by atoms with Crippen molar-refractivity contribution < 1.29 is 4.74 Å². The average molecular weight is 242 g/mol. The lowest BCUT2D eigenvalue weighted by molar-refractivity contribution is 0.340. The molecular formula is C15H18N2O. The Hall–Kier alpha value is -2.03. The average Bonchev–Trinajstić information content (AvgIpc) is 2.37. The van der Waals surface area contributed by atoms with E-state index < -0.39 is 0 Å². The van der Waals surface area contributed by atoms with Crippen molar-refractivity contribution in [3.8, 4) is 5.75 Å². The monoisotopic (exact) mass is 242 g/mol. The lowest BCUT2D eigenvalue weighted by Crippen LogP contribution is -2.02. The first-order valence-corrected chi connectivity index (χ1v) is 6.17. The second-order valence-electron chi connectivity index (χ2n) is 4.08. The second kappa shape index (κ2) is 6.05. The smallest absolute Gasteiger partial charge is 0.121 e. The Morgan fingerprint density at radius 2 is 2.00 bits per heavy atom. The summed E-state index contributed by atoms with van der Waals surface area (Å²) in [7, 11) is 0. The molecule has 0 bridgehead atoms. The Morgan fingerprint density at radius 1 is 1.17 bits per heavy atom. The highest BCUT2D eigenvalue weighted by Crippen LogP contribution is 2.17. The van der Waals surface area contributed by atoms with Crippen molar-refractivity contribution in [2.24, 2.45) is 0 Å². The van der Waals surface area contributed by atoms with Gasteiger partial charge in [-0.2, -0.15) is 0 Å². The summed E-state index contributed by atoms with van der Waals surface area (Å²) in [6.07, 6.45) is 0. The van der Waals surface area contributed by atoms with Crippen LogP contribution in [0, 0.1) is 6.92 Å². The Bertz CT molecular complexity index is 511. The quantitative estimate of drug-likeness (QED) is 0.872. The fraction of sp³-hybridized carbons (Fsp3) is 0.267. The summed E-state index contributed by atoms with van der Waals surface area (Å²) >= 11 is 0. The van der Waals surface area contributed by atoms with Gasteiger partial charge in [0.25, 0.3) is 0 Å². The van der Waals surface area contributed by atoms with E-state index in [2.05, 4.69) is 10.3 Å². The van der Waals surface area contributed by atoms with Gasteiger partial charge in [0.1, 0.15) is 5.75 Å². The molecule has 0 aliphatic carbocycles. The van der Waals surface area contributed by atoms with E-state index in [4.69, 9.17) is 4.74 Å². The molecule has 0 unspecified atom stereocenters. The van der Waals surface area contributed by atoms with Crippen LogP contribution < -0.4 is 10.1 Å². The normalized spacial score (nSPS) is 10.1. The first-order valence-electron chi connectivity index (χ1n) is 6.17. The molecule has 0 aliphatic heterocycles. The van der Waals surface area contributed by atoms with Crippen molar-refractivity contribution in [1.29, 1.82) is 0 Å². The molecule has 0 saturated carbocycles. The summed E-state index contributed by atoms with van der Waals surface area (Å²) in [5, 5.41) is 3.34. The van der Waals surface area contributed by atoms with Crippen molar-refractivity contribution in [3.05, 3.63) is 53.9 Å². The molecule has 0 atom stereocenters. The van der Waals surface area contributed by atoms with Crippen LogP contribution in [0.25, 0.3) is 0 Å². The van der Waals surface area contributed by atoms with E-state index in [0.717, 1.165) is 29.4 Å². The van der Waals surface area contributed by atoms with E-state index in [1.807, 2.05) is 56.3 Å². The fourth-order valence-electron chi connectivity index (χ4n) is 1.75. The number of pyridine rings is 1.